The van der Waals surface area contributed by atoms with Gasteiger partial charge in [-0.25, -0.2) is 5.43 Å². The zero-order valence-electron chi connectivity index (χ0n) is 20.4. The number of rotatable bonds is 10. The van der Waals surface area contributed by atoms with Crippen LogP contribution in [0.3, 0.4) is 0 Å². The largest absolute Gasteiger partial charge is 0.497 e. The minimum absolute atomic E-state index is 0.147. The molecule has 0 bridgehead atoms. The highest BCUT2D eigenvalue weighted by molar-refractivity contribution is 6.35. The summed E-state index contributed by atoms with van der Waals surface area (Å²) in [6.45, 7) is -0.167. The Kier molecular flexibility index (Phi) is 10.3. The molecule has 0 aliphatic rings. The quantitative estimate of drug-likeness (QED) is 0.197. The maximum atomic E-state index is 12.2. The Balaban J connectivity index is 1.52. The van der Waals surface area contributed by atoms with Crippen LogP contribution < -0.4 is 30.3 Å². The molecule has 0 atom stereocenters. The minimum atomic E-state index is -0.945. The number of methoxy groups -OCH3 is 2. The Hall–Kier alpha value is -4.28. The molecule has 0 saturated heterocycles. The van der Waals surface area contributed by atoms with Crippen LogP contribution in [0.1, 0.15) is 11.1 Å². The van der Waals surface area contributed by atoms with Crippen LogP contribution in [0.2, 0.25) is 10.0 Å². The highest BCUT2D eigenvalue weighted by Gasteiger charge is 2.15. The number of amides is 3. The molecule has 0 unspecified atom stereocenters. The number of benzene rings is 3. The molecule has 0 aliphatic carbocycles. The van der Waals surface area contributed by atoms with E-state index in [0.717, 1.165) is 5.56 Å². The van der Waals surface area contributed by atoms with Crippen LogP contribution in [0, 0.1) is 0 Å². The van der Waals surface area contributed by atoms with Gasteiger partial charge >= 0.3 is 11.8 Å². The van der Waals surface area contributed by atoms with E-state index in [1.165, 1.54) is 25.5 Å². The number of carbonyl (C=O) groups is 3. The van der Waals surface area contributed by atoms with Gasteiger partial charge in [0.05, 0.1) is 25.5 Å². The van der Waals surface area contributed by atoms with Crippen LogP contribution in [0.25, 0.3) is 0 Å². The topological polar surface area (TPSA) is 127 Å². The van der Waals surface area contributed by atoms with Crippen molar-refractivity contribution in [2.45, 2.75) is 6.54 Å². The molecule has 0 heterocycles. The van der Waals surface area contributed by atoms with Crippen molar-refractivity contribution in [1.82, 2.24) is 10.7 Å². The third-order valence-electron chi connectivity index (χ3n) is 4.93. The zero-order valence-corrected chi connectivity index (χ0v) is 21.9. The van der Waals surface area contributed by atoms with Crippen LogP contribution in [0.5, 0.6) is 17.2 Å². The van der Waals surface area contributed by atoms with Gasteiger partial charge in [-0.05, 0) is 59.7 Å². The van der Waals surface area contributed by atoms with Gasteiger partial charge < -0.3 is 24.8 Å². The van der Waals surface area contributed by atoms with Crippen molar-refractivity contribution in [2.24, 2.45) is 5.10 Å². The van der Waals surface area contributed by atoms with Crippen LogP contribution >= 0.6 is 23.2 Å². The molecule has 0 aromatic heterocycles. The third-order valence-corrected chi connectivity index (χ3v) is 5.46. The lowest BCUT2D eigenvalue weighted by Gasteiger charge is -2.13. The monoisotopic (exact) mass is 558 g/mol. The molecule has 10 nitrogen and oxygen atoms in total. The number of ether oxygens (including phenoxy) is 3. The van der Waals surface area contributed by atoms with Gasteiger partial charge in [0.1, 0.15) is 5.75 Å². The number of carbonyl (C=O) groups excluding carboxylic acids is 3. The molecular formula is C26H24Cl2N4O6. The number of hydrazone groups is 1. The molecule has 0 aliphatic heterocycles. The highest BCUT2D eigenvalue weighted by atomic mass is 35.5. The first kappa shape index (κ1) is 28.3. The molecule has 0 saturated carbocycles. The number of nitrogens with zero attached hydrogens (tertiary/aromatic N) is 1. The zero-order chi connectivity index (χ0) is 27.5. The van der Waals surface area contributed by atoms with Gasteiger partial charge in [-0.2, -0.15) is 5.10 Å². The number of anilines is 1. The highest BCUT2D eigenvalue weighted by Crippen LogP contribution is 2.36. The molecule has 3 amide bonds. The van der Waals surface area contributed by atoms with Crippen LogP contribution in [0.15, 0.2) is 65.8 Å². The lowest BCUT2D eigenvalue weighted by atomic mass is 10.2. The number of hydrogen-bond donors (Lipinski definition) is 3. The Bertz CT molecular complexity index is 1310. The van der Waals surface area contributed by atoms with Crippen molar-refractivity contribution in [2.75, 3.05) is 26.1 Å². The fraction of sp³-hybridized carbons (Fsp3) is 0.154. The number of hydrogen-bond acceptors (Lipinski definition) is 7. The summed E-state index contributed by atoms with van der Waals surface area (Å²) in [5.74, 6) is -1.14. The van der Waals surface area contributed by atoms with Crippen molar-refractivity contribution >= 4 is 52.8 Å². The summed E-state index contributed by atoms with van der Waals surface area (Å²) in [7, 11) is 2.96. The van der Waals surface area contributed by atoms with E-state index in [1.807, 2.05) is 0 Å². The second-order valence-corrected chi connectivity index (χ2v) is 8.45. The summed E-state index contributed by atoms with van der Waals surface area (Å²) in [5.41, 5.74) is 3.95. The Labute approximate surface area is 228 Å². The average Bonchev–Trinajstić information content (AvgIpc) is 2.92. The maximum absolute atomic E-state index is 12.2. The summed E-state index contributed by atoms with van der Waals surface area (Å²) in [5, 5.41) is 9.65. The first-order valence-corrected chi connectivity index (χ1v) is 11.8. The fourth-order valence-electron chi connectivity index (χ4n) is 3.04. The van der Waals surface area contributed by atoms with E-state index in [-0.39, 0.29) is 29.7 Å². The minimum Gasteiger partial charge on any atom is -0.497 e. The Morgan fingerprint density at radius 3 is 2.29 bits per heavy atom. The predicted octanol–water partition coefficient (Wildman–Crippen LogP) is 3.79. The van der Waals surface area contributed by atoms with Gasteiger partial charge in [-0.3, -0.25) is 14.4 Å². The molecule has 3 N–H and O–H groups in total. The molecule has 3 aromatic rings. The predicted molar refractivity (Wildman–Crippen MR) is 144 cm³/mol. The first-order chi connectivity index (χ1) is 18.3. The summed E-state index contributed by atoms with van der Waals surface area (Å²) < 4.78 is 15.9. The van der Waals surface area contributed by atoms with Gasteiger partial charge in [0.15, 0.2) is 18.1 Å². The van der Waals surface area contributed by atoms with Gasteiger partial charge in [0, 0.05) is 17.3 Å². The van der Waals surface area contributed by atoms with Crippen molar-refractivity contribution in [3.05, 3.63) is 81.8 Å². The van der Waals surface area contributed by atoms with E-state index in [1.54, 1.807) is 55.6 Å². The molecule has 12 heteroatoms. The van der Waals surface area contributed by atoms with Gasteiger partial charge in [-0.1, -0.05) is 35.3 Å². The van der Waals surface area contributed by atoms with Crippen LogP contribution in [0.4, 0.5) is 5.69 Å². The summed E-state index contributed by atoms with van der Waals surface area (Å²) >= 11 is 12.2. The summed E-state index contributed by atoms with van der Waals surface area (Å²) in [6, 6.07) is 16.7. The fourth-order valence-corrected chi connectivity index (χ4v) is 3.44. The SMILES string of the molecule is COc1ccc(CNC(=O)C(=O)N/N=C\c2cc(Cl)c(OCC(=O)Nc3ccc(Cl)cc3)c(OC)c2)cc1. The molecule has 3 aromatic carbocycles. The Morgan fingerprint density at radius 2 is 1.63 bits per heavy atom. The van der Waals surface area contributed by atoms with E-state index >= 15 is 0 Å². The maximum Gasteiger partial charge on any atom is 0.329 e. The van der Waals surface area contributed by atoms with Crippen LogP contribution in [-0.4, -0.2) is 44.8 Å². The molecule has 3 rings (SSSR count). The second kappa shape index (κ2) is 13.9. The van der Waals surface area contributed by atoms with E-state index in [9.17, 15) is 14.4 Å². The van der Waals surface area contributed by atoms with Gasteiger partial charge in [0.2, 0.25) is 0 Å². The van der Waals surface area contributed by atoms with Gasteiger partial charge in [-0.15, -0.1) is 0 Å². The summed E-state index contributed by atoms with van der Waals surface area (Å²) in [4.78, 5) is 36.3. The third kappa shape index (κ3) is 8.39. The van der Waals surface area contributed by atoms with Crippen molar-refractivity contribution in [3.63, 3.8) is 0 Å². The van der Waals surface area contributed by atoms with E-state index in [2.05, 4.69) is 21.2 Å². The van der Waals surface area contributed by atoms with E-state index < -0.39 is 17.7 Å². The number of nitrogens with one attached hydrogen (secondary N) is 3. The van der Waals surface area contributed by atoms with E-state index in [4.69, 9.17) is 37.4 Å². The van der Waals surface area contributed by atoms with Crippen molar-refractivity contribution in [1.29, 1.82) is 0 Å². The second-order valence-electron chi connectivity index (χ2n) is 7.61. The van der Waals surface area contributed by atoms with Gasteiger partial charge in [0.25, 0.3) is 5.91 Å². The standard InChI is InChI=1S/C26H24Cl2N4O6/c1-36-20-9-3-16(4-10-20)13-29-25(34)26(35)32-30-14-17-11-21(28)24(22(12-17)37-2)38-15-23(33)31-19-7-5-18(27)6-8-19/h3-12,14H,13,15H2,1-2H3,(H,29,34)(H,31,33)(H,32,35)/b30-14-. The van der Waals surface area contributed by atoms with Crippen LogP contribution in [-0.2, 0) is 20.9 Å². The molecule has 0 spiro atoms. The lowest BCUT2D eigenvalue weighted by molar-refractivity contribution is -0.139. The lowest BCUT2D eigenvalue weighted by Crippen LogP contribution is -2.37. The molecule has 198 valence electrons. The first-order valence-electron chi connectivity index (χ1n) is 11.1. The van der Waals surface area contributed by atoms with Crippen molar-refractivity contribution < 1.29 is 28.6 Å². The Morgan fingerprint density at radius 1 is 0.921 bits per heavy atom. The molecule has 0 radical (unpaired) electrons. The summed E-state index contributed by atoms with van der Waals surface area (Å²) in [6.07, 6.45) is 1.28. The normalized spacial score (nSPS) is 10.5. The van der Waals surface area contributed by atoms with E-state index in [0.29, 0.717) is 22.0 Å². The average molecular weight is 559 g/mol. The molecule has 0 fully saturated rings. The molecular weight excluding hydrogens is 535 g/mol. The van der Waals surface area contributed by atoms with Crippen molar-refractivity contribution in [3.8, 4) is 17.2 Å². The smallest absolute Gasteiger partial charge is 0.329 e. The molecule has 38 heavy (non-hydrogen) atoms. The number of halogens is 2.